The maximum absolute atomic E-state index is 13.1. The Bertz CT molecular complexity index is 1060. The molecule has 10 heteroatoms. The summed E-state index contributed by atoms with van der Waals surface area (Å²) in [5.74, 6) is 0.0536. The number of ether oxygens (including phenoxy) is 1. The van der Waals surface area contributed by atoms with Gasteiger partial charge in [0, 0.05) is 23.7 Å². The molecule has 3 heterocycles. The average Bonchev–Trinajstić information content (AvgIpc) is 3.05. The Labute approximate surface area is 174 Å². The van der Waals surface area contributed by atoms with Crippen LogP contribution in [-0.2, 0) is 0 Å². The lowest BCUT2D eigenvalue weighted by molar-refractivity contribution is -0.274. The number of thiophene rings is 1. The van der Waals surface area contributed by atoms with Crippen molar-refractivity contribution in [3.8, 4) is 5.75 Å². The summed E-state index contributed by atoms with van der Waals surface area (Å²) in [6, 6.07) is 5.05. The Kier molecular flexibility index (Phi) is 5.50. The summed E-state index contributed by atoms with van der Waals surface area (Å²) in [5, 5.41) is 3.47. The van der Waals surface area contributed by atoms with Gasteiger partial charge in [-0.25, -0.2) is 9.97 Å². The third-order valence-electron chi connectivity index (χ3n) is 4.87. The molecule has 1 N–H and O–H groups in total. The highest BCUT2D eigenvalue weighted by atomic mass is 32.1. The first kappa shape index (κ1) is 20.4. The summed E-state index contributed by atoms with van der Waals surface area (Å²) < 4.78 is 40.8. The van der Waals surface area contributed by atoms with Crippen LogP contribution in [0.3, 0.4) is 0 Å². The summed E-state index contributed by atoms with van der Waals surface area (Å²) in [5.41, 5.74) is 0.858. The number of nitrogens with one attached hydrogen (secondary N) is 1. The van der Waals surface area contributed by atoms with E-state index in [4.69, 9.17) is 0 Å². The molecule has 2 aromatic heterocycles. The smallest absolute Gasteiger partial charge is 0.406 e. The van der Waals surface area contributed by atoms with Gasteiger partial charge in [0.15, 0.2) is 0 Å². The predicted molar refractivity (Wildman–Crippen MR) is 109 cm³/mol. The molecule has 1 amide bonds. The van der Waals surface area contributed by atoms with E-state index in [0.29, 0.717) is 11.3 Å². The third kappa shape index (κ3) is 4.33. The molecule has 0 bridgehead atoms. The van der Waals surface area contributed by atoms with Crippen LogP contribution in [0.1, 0.15) is 34.5 Å². The summed E-state index contributed by atoms with van der Waals surface area (Å²) >= 11 is 1.42. The molecule has 0 aliphatic carbocycles. The van der Waals surface area contributed by atoms with Crippen LogP contribution in [0.5, 0.6) is 5.75 Å². The van der Waals surface area contributed by atoms with Crippen molar-refractivity contribution in [3.05, 3.63) is 41.0 Å². The Morgan fingerprint density at radius 1 is 1.13 bits per heavy atom. The number of benzene rings is 1. The van der Waals surface area contributed by atoms with E-state index in [-0.39, 0.29) is 11.7 Å². The quantitative estimate of drug-likeness (QED) is 0.613. The predicted octanol–water partition coefficient (Wildman–Crippen LogP) is 5.14. The van der Waals surface area contributed by atoms with E-state index >= 15 is 0 Å². The molecule has 0 atom stereocenters. The molecule has 4 rings (SSSR count). The molecule has 158 valence electrons. The van der Waals surface area contributed by atoms with Gasteiger partial charge in [0.1, 0.15) is 22.7 Å². The fraction of sp³-hybridized carbons (Fsp3) is 0.350. The van der Waals surface area contributed by atoms with Crippen molar-refractivity contribution >= 4 is 39.0 Å². The second-order valence-corrected chi connectivity index (χ2v) is 8.19. The maximum Gasteiger partial charge on any atom is 0.573 e. The van der Waals surface area contributed by atoms with Gasteiger partial charge >= 0.3 is 6.36 Å². The lowest BCUT2D eigenvalue weighted by Crippen LogP contribution is -2.30. The van der Waals surface area contributed by atoms with Crippen molar-refractivity contribution in [2.24, 2.45) is 0 Å². The summed E-state index contributed by atoms with van der Waals surface area (Å²) in [6.45, 7) is 3.60. The summed E-state index contributed by atoms with van der Waals surface area (Å²) in [6.07, 6.45) is 0.0748. The molecule has 0 spiro atoms. The number of amides is 1. The highest BCUT2D eigenvalue weighted by molar-refractivity contribution is 7.19. The van der Waals surface area contributed by atoms with Crippen LogP contribution in [0.4, 0.5) is 24.7 Å². The molecular weight excluding hydrogens is 417 g/mol. The van der Waals surface area contributed by atoms with E-state index in [1.165, 1.54) is 36.2 Å². The SMILES string of the molecule is Cc1sc2ncnc(N3CCCCC3)c2c1C(=O)Nc1ccc(OC(F)(F)F)cc1. The van der Waals surface area contributed by atoms with Gasteiger partial charge in [0.2, 0.25) is 0 Å². The first-order valence-electron chi connectivity index (χ1n) is 9.48. The van der Waals surface area contributed by atoms with Crippen LogP contribution in [0, 0.1) is 6.92 Å². The van der Waals surface area contributed by atoms with Gasteiger partial charge in [-0.05, 0) is 50.5 Å². The standard InChI is InChI=1S/C20H19F3N4O2S/c1-12-15(18(28)26-13-5-7-14(8-6-13)29-20(21,22)23)16-17(24-11-25-19(16)30-12)27-9-3-2-4-10-27/h5-8,11H,2-4,9-10H2,1H3,(H,26,28). The zero-order valence-electron chi connectivity index (χ0n) is 16.1. The van der Waals surface area contributed by atoms with E-state index in [2.05, 4.69) is 24.9 Å². The van der Waals surface area contributed by atoms with E-state index in [0.717, 1.165) is 59.0 Å². The minimum absolute atomic E-state index is 0.349. The van der Waals surface area contributed by atoms with Crippen LogP contribution < -0.4 is 15.0 Å². The first-order chi connectivity index (χ1) is 14.3. The zero-order valence-corrected chi connectivity index (χ0v) is 16.9. The van der Waals surface area contributed by atoms with Gasteiger partial charge in [-0.1, -0.05) is 0 Å². The third-order valence-corrected chi connectivity index (χ3v) is 5.89. The van der Waals surface area contributed by atoms with E-state index < -0.39 is 6.36 Å². The number of aromatic nitrogens is 2. The van der Waals surface area contributed by atoms with Gasteiger partial charge in [0.25, 0.3) is 5.91 Å². The number of halogens is 3. The number of rotatable bonds is 4. The minimum atomic E-state index is -4.76. The first-order valence-corrected chi connectivity index (χ1v) is 10.3. The molecule has 1 aliphatic rings. The maximum atomic E-state index is 13.1. The van der Waals surface area contributed by atoms with Crippen molar-refractivity contribution in [2.45, 2.75) is 32.5 Å². The normalized spacial score (nSPS) is 14.7. The number of carbonyl (C=O) groups excluding carboxylic acids is 1. The van der Waals surface area contributed by atoms with E-state index in [1.807, 2.05) is 6.92 Å². The van der Waals surface area contributed by atoms with Crippen molar-refractivity contribution in [3.63, 3.8) is 0 Å². The largest absolute Gasteiger partial charge is 0.573 e. The summed E-state index contributed by atoms with van der Waals surface area (Å²) in [4.78, 5) is 25.6. The molecular formula is C20H19F3N4O2S. The lowest BCUT2D eigenvalue weighted by atomic mass is 10.1. The van der Waals surface area contributed by atoms with E-state index in [1.54, 1.807) is 0 Å². The fourth-order valence-corrected chi connectivity index (χ4v) is 4.56. The number of alkyl halides is 3. The number of aryl methyl sites for hydroxylation is 1. The van der Waals surface area contributed by atoms with Crippen LogP contribution in [0.15, 0.2) is 30.6 Å². The highest BCUT2D eigenvalue weighted by Crippen LogP contribution is 2.36. The van der Waals surface area contributed by atoms with Gasteiger partial charge in [0.05, 0.1) is 10.9 Å². The lowest BCUT2D eigenvalue weighted by Gasteiger charge is -2.28. The molecule has 1 fully saturated rings. The molecule has 30 heavy (non-hydrogen) atoms. The number of nitrogens with zero attached hydrogens (tertiary/aromatic N) is 3. The molecule has 0 unspecified atom stereocenters. The van der Waals surface area contributed by atoms with Gasteiger partial charge in [-0.2, -0.15) is 0 Å². The average molecular weight is 436 g/mol. The van der Waals surface area contributed by atoms with Crippen LogP contribution >= 0.6 is 11.3 Å². The van der Waals surface area contributed by atoms with Gasteiger partial charge in [-0.3, -0.25) is 4.79 Å². The van der Waals surface area contributed by atoms with Crippen molar-refractivity contribution in [1.82, 2.24) is 9.97 Å². The topological polar surface area (TPSA) is 67.4 Å². The van der Waals surface area contributed by atoms with Crippen LogP contribution in [-0.4, -0.2) is 35.3 Å². The number of anilines is 2. The molecule has 1 aliphatic heterocycles. The number of carbonyl (C=O) groups is 1. The number of hydrogen-bond donors (Lipinski definition) is 1. The molecule has 1 aromatic carbocycles. The Morgan fingerprint density at radius 2 is 1.83 bits per heavy atom. The second kappa shape index (κ2) is 8.10. The Balaban J connectivity index is 1.62. The molecule has 0 radical (unpaired) electrons. The van der Waals surface area contributed by atoms with Gasteiger partial charge < -0.3 is 15.0 Å². The van der Waals surface area contributed by atoms with E-state index in [9.17, 15) is 18.0 Å². The molecule has 1 saturated heterocycles. The molecule has 0 saturated carbocycles. The van der Waals surface area contributed by atoms with Gasteiger partial charge in [-0.15, -0.1) is 24.5 Å². The van der Waals surface area contributed by atoms with Crippen molar-refractivity contribution < 1.29 is 22.7 Å². The molecule has 6 nitrogen and oxygen atoms in total. The monoisotopic (exact) mass is 436 g/mol. The van der Waals surface area contributed by atoms with Crippen molar-refractivity contribution in [1.29, 1.82) is 0 Å². The van der Waals surface area contributed by atoms with Crippen LogP contribution in [0.25, 0.3) is 10.2 Å². The molecule has 3 aromatic rings. The number of hydrogen-bond acceptors (Lipinski definition) is 6. The second-order valence-electron chi connectivity index (χ2n) is 6.98. The number of piperidine rings is 1. The zero-order chi connectivity index (χ0) is 21.3. The summed E-state index contributed by atoms with van der Waals surface area (Å²) in [7, 11) is 0. The number of fused-ring (bicyclic) bond motifs is 1. The Morgan fingerprint density at radius 3 is 2.50 bits per heavy atom. The minimum Gasteiger partial charge on any atom is -0.406 e. The Hall–Kier alpha value is -2.88. The fourth-order valence-electron chi connectivity index (χ4n) is 3.58. The highest BCUT2D eigenvalue weighted by Gasteiger charge is 2.31. The van der Waals surface area contributed by atoms with Crippen LogP contribution in [0.2, 0.25) is 0 Å². The van der Waals surface area contributed by atoms with Crippen molar-refractivity contribution in [2.75, 3.05) is 23.3 Å².